The van der Waals surface area contributed by atoms with E-state index in [-0.39, 0.29) is 5.78 Å². The maximum atomic E-state index is 13.0. The number of fused-ring (bicyclic) bond motifs is 2. The Kier molecular flexibility index (Phi) is 4.16. The van der Waals surface area contributed by atoms with Gasteiger partial charge in [0, 0.05) is 11.1 Å². The number of ketones is 1. The average molecular weight is 357 g/mol. The molecule has 0 unspecified atom stereocenters. The Balaban J connectivity index is 1.45. The van der Waals surface area contributed by atoms with Gasteiger partial charge in [-0.25, -0.2) is 9.13 Å². The van der Waals surface area contributed by atoms with Crippen LogP contribution in [0.3, 0.4) is 0 Å². The van der Waals surface area contributed by atoms with Crippen LogP contribution in [0.5, 0.6) is 0 Å². The zero-order valence-corrected chi connectivity index (χ0v) is 15.7. The molecule has 0 atom stereocenters. The van der Waals surface area contributed by atoms with Crippen LogP contribution >= 0.6 is 0 Å². The molecule has 0 amide bonds. The first-order valence-electron chi connectivity index (χ1n) is 10.1. The molecule has 3 heteroatoms. The van der Waals surface area contributed by atoms with Crippen LogP contribution in [0.4, 0.5) is 0 Å². The second-order valence-electron chi connectivity index (χ2n) is 7.79. The molecule has 0 radical (unpaired) electrons. The molecule has 27 heavy (non-hydrogen) atoms. The Morgan fingerprint density at radius 1 is 0.926 bits per heavy atom. The lowest BCUT2D eigenvalue weighted by Gasteiger charge is -2.16. The zero-order valence-electron chi connectivity index (χ0n) is 15.7. The molecule has 1 aliphatic heterocycles. The molecular formula is C24H25N2O+. The van der Waals surface area contributed by atoms with E-state index in [1.54, 1.807) is 0 Å². The number of hydrogen-bond donors (Lipinski definition) is 0. The highest BCUT2D eigenvalue weighted by Crippen LogP contribution is 2.25. The van der Waals surface area contributed by atoms with Crippen LogP contribution in [0.1, 0.15) is 46.6 Å². The van der Waals surface area contributed by atoms with Gasteiger partial charge in [0.05, 0.1) is 13.0 Å². The maximum absolute atomic E-state index is 13.0. The summed E-state index contributed by atoms with van der Waals surface area (Å²) in [7, 11) is 0. The van der Waals surface area contributed by atoms with Crippen LogP contribution in [0.15, 0.2) is 54.7 Å². The molecule has 0 saturated heterocycles. The number of hydrogen-bond acceptors (Lipinski definition) is 1. The third-order valence-corrected chi connectivity index (χ3v) is 6.05. The topological polar surface area (TPSA) is 25.9 Å². The van der Waals surface area contributed by atoms with Crippen molar-refractivity contribution >= 4 is 5.78 Å². The molecule has 1 aromatic heterocycles. The summed E-state index contributed by atoms with van der Waals surface area (Å²) in [6.07, 6.45) is 9.16. The van der Waals surface area contributed by atoms with Crippen molar-refractivity contribution in [1.29, 1.82) is 0 Å². The molecule has 2 aliphatic rings. The fourth-order valence-corrected chi connectivity index (χ4v) is 4.64. The number of nitrogens with zero attached hydrogens (tertiary/aromatic N) is 2. The first-order chi connectivity index (χ1) is 13.3. The molecule has 2 heterocycles. The highest BCUT2D eigenvalue weighted by molar-refractivity contribution is 5.95. The predicted molar refractivity (Wildman–Crippen MR) is 106 cm³/mol. The lowest BCUT2D eigenvalue weighted by atomic mass is 9.90. The fraction of sp³-hybridized carbons (Fsp3) is 0.333. The SMILES string of the molecule is O=C(C[n+]1cc(-c2ccccc2)n2c1CCC2)c1ccc2c(c1)CCCC2. The minimum absolute atomic E-state index is 0.216. The van der Waals surface area contributed by atoms with Crippen molar-refractivity contribution in [2.75, 3.05) is 0 Å². The quantitative estimate of drug-likeness (QED) is 0.509. The van der Waals surface area contributed by atoms with Crippen LogP contribution < -0.4 is 4.57 Å². The first kappa shape index (κ1) is 16.5. The van der Waals surface area contributed by atoms with Crippen LogP contribution in [0, 0.1) is 0 Å². The van der Waals surface area contributed by atoms with Gasteiger partial charge in [-0.2, -0.15) is 0 Å². The van der Waals surface area contributed by atoms with E-state index in [0.717, 1.165) is 37.8 Å². The van der Waals surface area contributed by atoms with E-state index in [1.807, 2.05) is 12.1 Å². The van der Waals surface area contributed by atoms with E-state index in [9.17, 15) is 4.79 Å². The lowest BCUT2D eigenvalue weighted by molar-refractivity contribution is -0.689. The van der Waals surface area contributed by atoms with E-state index < -0.39 is 0 Å². The Morgan fingerprint density at radius 2 is 1.74 bits per heavy atom. The van der Waals surface area contributed by atoms with Crippen molar-refractivity contribution in [2.24, 2.45) is 0 Å². The summed E-state index contributed by atoms with van der Waals surface area (Å²) in [6, 6.07) is 16.8. The molecule has 136 valence electrons. The second kappa shape index (κ2) is 6.80. The van der Waals surface area contributed by atoms with Crippen molar-refractivity contribution in [1.82, 2.24) is 4.57 Å². The molecule has 1 aliphatic carbocycles. The first-order valence-corrected chi connectivity index (χ1v) is 10.1. The number of rotatable bonds is 4. The highest BCUT2D eigenvalue weighted by atomic mass is 16.1. The number of aryl methyl sites for hydroxylation is 2. The molecular weight excluding hydrogens is 332 g/mol. The zero-order chi connectivity index (χ0) is 18.2. The van der Waals surface area contributed by atoms with E-state index in [0.29, 0.717) is 6.54 Å². The molecule has 0 bridgehead atoms. The number of carbonyl (C=O) groups excluding carboxylic acids is 1. The van der Waals surface area contributed by atoms with Gasteiger partial charge in [0.2, 0.25) is 5.78 Å². The molecule has 5 rings (SSSR count). The molecule has 2 aromatic carbocycles. The summed E-state index contributed by atoms with van der Waals surface area (Å²) in [5.41, 5.74) is 6.12. The van der Waals surface area contributed by atoms with Crippen molar-refractivity contribution in [3.8, 4) is 11.3 Å². The number of imidazole rings is 1. The largest absolute Gasteiger partial charge is 0.290 e. The van der Waals surface area contributed by atoms with Crippen molar-refractivity contribution < 1.29 is 9.36 Å². The van der Waals surface area contributed by atoms with Crippen LogP contribution in [0.2, 0.25) is 0 Å². The monoisotopic (exact) mass is 357 g/mol. The predicted octanol–water partition coefficient (Wildman–Crippen LogP) is 4.15. The van der Waals surface area contributed by atoms with Gasteiger partial charge in [0.15, 0.2) is 12.2 Å². The second-order valence-corrected chi connectivity index (χ2v) is 7.79. The van der Waals surface area contributed by atoms with Crippen molar-refractivity contribution in [2.45, 2.75) is 51.6 Å². The van der Waals surface area contributed by atoms with Crippen LogP contribution in [-0.2, 0) is 32.4 Å². The van der Waals surface area contributed by atoms with Gasteiger partial charge < -0.3 is 0 Å². The Labute approximate surface area is 160 Å². The van der Waals surface area contributed by atoms with Gasteiger partial charge in [-0.1, -0.05) is 42.5 Å². The van der Waals surface area contributed by atoms with Gasteiger partial charge in [-0.3, -0.25) is 4.79 Å². The van der Waals surface area contributed by atoms with Gasteiger partial charge in [0.25, 0.3) is 5.82 Å². The summed E-state index contributed by atoms with van der Waals surface area (Å²) in [4.78, 5) is 13.0. The van der Waals surface area contributed by atoms with Crippen molar-refractivity contribution in [3.63, 3.8) is 0 Å². The van der Waals surface area contributed by atoms with Crippen LogP contribution in [-0.4, -0.2) is 10.4 Å². The summed E-state index contributed by atoms with van der Waals surface area (Å²) in [6.45, 7) is 1.47. The lowest BCUT2D eigenvalue weighted by Crippen LogP contribution is -2.40. The van der Waals surface area contributed by atoms with E-state index in [1.165, 1.54) is 41.1 Å². The highest BCUT2D eigenvalue weighted by Gasteiger charge is 2.29. The van der Waals surface area contributed by atoms with Gasteiger partial charge in [-0.05, 0) is 49.3 Å². The summed E-state index contributed by atoms with van der Waals surface area (Å²) < 4.78 is 4.56. The maximum Gasteiger partial charge on any atom is 0.257 e. The van der Waals surface area contributed by atoms with E-state index in [4.69, 9.17) is 0 Å². The molecule has 3 aromatic rings. The molecule has 3 nitrogen and oxygen atoms in total. The summed E-state index contributed by atoms with van der Waals surface area (Å²) in [5, 5.41) is 0. The van der Waals surface area contributed by atoms with E-state index >= 15 is 0 Å². The fourth-order valence-electron chi connectivity index (χ4n) is 4.64. The minimum Gasteiger partial charge on any atom is -0.290 e. The Morgan fingerprint density at radius 3 is 2.59 bits per heavy atom. The molecule has 0 N–H and O–H groups in total. The standard InChI is InChI=1S/C24H25N2O/c27-23(21-13-12-18-7-4-5-10-20(18)15-21)17-25-16-22(19-8-2-1-3-9-19)26-14-6-11-24(25)26/h1-3,8-9,12-13,15-16H,4-7,10-11,14,17H2/q+1. The van der Waals surface area contributed by atoms with Crippen LogP contribution in [0.25, 0.3) is 11.3 Å². The number of carbonyl (C=O) groups is 1. The smallest absolute Gasteiger partial charge is 0.257 e. The van der Waals surface area contributed by atoms with Gasteiger partial charge in [-0.15, -0.1) is 0 Å². The average Bonchev–Trinajstić information content (AvgIpc) is 3.32. The molecule has 0 spiro atoms. The third-order valence-electron chi connectivity index (χ3n) is 6.05. The van der Waals surface area contributed by atoms with Gasteiger partial charge in [0.1, 0.15) is 6.20 Å². The normalized spacial score (nSPS) is 15.4. The molecule has 0 fully saturated rings. The Hall–Kier alpha value is -2.68. The summed E-state index contributed by atoms with van der Waals surface area (Å²) in [5.74, 6) is 1.49. The molecule has 0 saturated carbocycles. The Bertz CT molecular complexity index is 1000. The number of Topliss-reactive ketones (excluding diaryl/α,β-unsaturated/α-hetero) is 1. The summed E-state index contributed by atoms with van der Waals surface area (Å²) >= 11 is 0. The van der Waals surface area contributed by atoms with E-state index in [2.05, 4.69) is 51.7 Å². The van der Waals surface area contributed by atoms with Gasteiger partial charge >= 0.3 is 0 Å². The number of aromatic nitrogens is 2. The third kappa shape index (κ3) is 3.01. The van der Waals surface area contributed by atoms with Crippen molar-refractivity contribution in [3.05, 3.63) is 77.2 Å². The minimum atomic E-state index is 0.216. The number of benzene rings is 2.